The Labute approximate surface area is 163 Å². The van der Waals surface area contributed by atoms with Gasteiger partial charge >= 0.3 is 7.05 Å². The van der Waals surface area contributed by atoms with Crippen LogP contribution in [-0.2, 0) is 0 Å². The van der Waals surface area contributed by atoms with E-state index < -0.39 is 12.7 Å². The molecule has 2 unspecified atom stereocenters. The number of rotatable bonds is 3. The molecule has 2 aromatic rings. The van der Waals surface area contributed by atoms with E-state index in [0.29, 0.717) is 17.8 Å². The van der Waals surface area contributed by atoms with Gasteiger partial charge in [-0.25, -0.2) is 4.98 Å². The molecule has 3 heterocycles. The second-order valence-electron chi connectivity index (χ2n) is 9.29. The second-order valence-corrected chi connectivity index (χ2v) is 9.29. The number of hydrazone groups is 1. The van der Waals surface area contributed by atoms with Crippen molar-refractivity contribution in [2.24, 2.45) is 28.8 Å². The molecule has 2 atom stereocenters. The van der Waals surface area contributed by atoms with Gasteiger partial charge in [0.1, 0.15) is 5.65 Å². The lowest BCUT2D eigenvalue weighted by Gasteiger charge is -2.58. The topological polar surface area (TPSA) is 105 Å². The number of fused-ring (bicyclic) bond motifs is 3. The molecule has 4 aliphatic carbocycles. The molecule has 0 radical (unpaired) electrons. The van der Waals surface area contributed by atoms with Crippen LogP contribution in [0.3, 0.4) is 0 Å². The van der Waals surface area contributed by atoms with E-state index in [9.17, 15) is 15.2 Å². The molecule has 146 valence electrons. The Morgan fingerprint density at radius 2 is 2.04 bits per heavy atom. The average Bonchev–Trinajstić information content (AvgIpc) is 3.12. The normalized spacial score (nSPS) is 36.2. The Morgan fingerprint density at radius 3 is 2.75 bits per heavy atom. The molecular formula is C20H25BN4O3. The summed E-state index contributed by atoms with van der Waals surface area (Å²) in [5.74, 6) is 1.77. The van der Waals surface area contributed by atoms with Gasteiger partial charge in [0.2, 0.25) is 0 Å². The smallest absolute Gasteiger partial charge is 0.428 e. The second kappa shape index (κ2) is 5.81. The fraction of sp³-hybridized carbons (Fsp3) is 0.600. The first-order chi connectivity index (χ1) is 13.6. The highest BCUT2D eigenvalue weighted by Crippen LogP contribution is 2.59. The molecule has 4 saturated carbocycles. The fourth-order valence-electron chi connectivity index (χ4n) is 6.84. The minimum Gasteiger partial charge on any atom is -0.428 e. The number of nitrogens with zero attached hydrogens (tertiary/aromatic N) is 3. The number of nitrogens with one attached hydrogen (secondary N) is 1. The Morgan fingerprint density at radius 1 is 1.25 bits per heavy atom. The summed E-state index contributed by atoms with van der Waals surface area (Å²) in [6.45, 7) is 0.215. The highest BCUT2D eigenvalue weighted by molar-refractivity contribution is 6.66. The minimum absolute atomic E-state index is 0.0671. The van der Waals surface area contributed by atoms with Crippen LogP contribution in [0.25, 0.3) is 11.0 Å². The van der Waals surface area contributed by atoms with Crippen molar-refractivity contribution in [1.29, 1.82) is 0 Å². The first kappa shape index (κ1) is 17.0. The van der Waals surface area contributed by atoms with Gasteiger partial charge in [0.15, 0.2) is 0 Å². The zero-order valence-electron chi connectivity index (χ0n) is 15.8. The Hall–Kier alpha value is -1.90. The van der Waals surface area contributed by atoms with Crippen molar-refractivity contribution in [2.45, 2.75) is 37.7 Å². The number of β-amino-alcohol motifs (C(OH)–C–C–N with tert-alkyl or cyclic N) is 1. The van der Waals surface area contributed by atoms with E-state index in [-0.39, 0.29) is 19.1 Å². The summed E-state index contributed by atoms with van der Waals surface area (Å²) >= 11 is 0. The molecule has 0 saturated heterocycles. The Balaban J connectivity index is 1.52. The Bertz CT molecular complexity index is 960. The molecule has 2 aromatic heterocycles. The third-order valence-corrected chi connectivity index (χ3v) is 7.55. The van der Waals surface area contributed by atoms with Gasteiger partial charge in [-0.2, -0.15) is 5.10 Å². The third kappa shape index (κ3) is 2.28. The van der Waals surface area contributed by atoms with E-state index in [0.717, 1.165) is 59.9 Å². The lowest BCUT2D eigenvalue weighted by molar-refractivity contribution is -0.138. The molecule has 4 bridgehead atoms. The molecule has 28 heavy (non-hydrogen) atoms. The minimum atomic E-state index is -0.904. The largest absolute Gasteiger partial charge is 0.468 e. The van der Waals surface area contributed by atoms with Crippen molar-refractivity contribution < 1.29 is 15.2 Å². The monoisotopic (exact) mass is 380 g/mol. The van der Waals surface area contributed by atoms with Gasteiger partial charge in [0.25, 0.3) is 0 Å². The number of pyridine rings is 1. The van der Waals surface area contributed by atoms with Crippen LogP contribution in [0.1, 0.15) is 37.7 Å². The highest BCUT2D eigenvalue weighted by Gasteiger charge is 2.57. The maximum absolute atomic E-state index is 11.0. The summed E-state index contributed by atoms with van der Waals surface area (Å²) < 4.78 is 0. The predicted molar refractivity (Wildman–Crippen MR) is 106 cm³/mol. The van der Waals surface area contributed by atoms with E-state index in [4.69, 9.17) is 5.10 Å². The van der Waals surface area contributed by atoms with Crippen LogP contribution in [0.4, 0.5) is 0 Å². The van der Waals surface area contributed by atoms with E-state index in [1.54, 1.807) is 11.1 Å². The number of hydrogen-bond donors (Lipinski definition) is 4. The number of aliphatic hydroxyl groups excluding tert-OH is 1. The third-order valence-electron chi connectivity index (χ3n) is 7.55. The number of H-pyrrole nitrogens is 1. The van der Waals surface area contributed by atoms with Crippen molar-refractivity contribution in [2.75, 3.05) is 13.2 Å². The molecule has 1 aliphatic heterocycles. The van der Waals surface area contributed by atoms with Crippen LogP contribution >= 0.6 is 0 Å². The Kier molecular flexibility index (Phi) is 3.53. The quantitative estimate of drug-likeness (QED) is 0.579. The molecule has 4 N–H and O–H groups in total. The van der Waals surface area contributed by atoms with Gasteiger partial charge < -0.3 is 25.1 Å². The van der Waals surface area contributed by atoms with Crippen molar-refractivity contribution in [3.05, 3.63) is 24.0 Å². The standard InChI is InChI=1S/C20H25BN4O3/c26-4-3-25-21(28)15-10-23-19-14(1-2-22-19)17(15)18(24-25)16-12-5-11-6-13(16)9-20(27,7-11)8-12/h1-2,10-13,16,26-28H,3-9H2,(H,22,23)/t11?,12?,13?,16-,20-. The van der Waals surface area contributed by atoms with Crippen molar-refractivity contribution in [3.63, 3.8) is 0 Å². The van der Waals surface area contributed by atoms with Gasteiger partial charge in [-0.15, -0.1) is 0 Å². The molecular weight excluding hydrogens is 355 g/mol. The van der Waals surface area contributed by atoms with Crippen LogP contribution in [0.5, 0.6) is 0 Å². The maximum atomic E-state index is 11.0. The van der Waals surface area contributed by atoms with E-state index in [1.165, 1.54) is 0 Å². The molecule has 4 fully saturated rings. The van der Waals surface area contributed by atoms with Crippen LogP contribution in [0.2, 0.25) is 0 Å². The summed E-state index contributed by atoms with van der Waals surface area (Å²) in [5, 5.41) is 37.2. The lowest BCUT2D eigenvalue weighted by Crippen LogP contribution is -2.59. The number of aromatic nitrogens is 2. The van der Waals surface area contributed by atoms with Crippen LogP contribution < -0.4 is 5.46 Å². The molecule has 0 spiro atoms. The fourth-order valence-corrected chi connectivity index (χ4v) is 6.84. The maximum Gasteiger partial charge on any atom is 0.468 e. The molecule has 7 nitrogen and oxygen atoms in total. The van der Waals surface area contributed by atoms with Crippen molar-refractivity contribution in [1.82, 2.24) is 14.9 Å². The number of hydrogen-bond acceptors (Lipinski definition) is 6. The molecule has 0 amide bonds. The molecule has 0 aromatic carbocycles. The molecule has 7 rings (SSSR count). The van der Waals surface area contributed by atoms with Gasteiger partial charge in [0, 0.05) is 41.3 Å². The van der Waals surface area contributed by atoms with Crippen LogP contribution in [0, 0.1) is 23.7 Å². The van der Waals surface area contributed by atoms with E-state index in [2.05, 4.69) is 9.97 Å². The van der Waals surface area contributed by atoms with E-state index in [1.807, 2.05) is 12.3 Å². The van der Waals surface area contributed by atoms with Gasteiger partial charge in [-0.3, -0.25) is 0 Å². The van der Waals surface area contributed by atoms with Crippen LogP contribution in [-0.4, -0.2) is 61.6 Å². The number of aliphatic hydroxyl groups is 2. The first-order valence-corrected chi connectivity index (χ1v) is 10.4. The van der Waals surface area contributed by atoms with Gasteiger partial charge in [-0.05, 0) is 55.9 Å². The van der Waals surface area contributed by atoms with Gasteiger partial charge in [-0.1, -0.05) is 0 Å². The zero-order chi connectivity index (χ0) is 19.0. The highest BCUT2D eigenvalue weighted by atomic mass is 16.3. The first-order valence-electron chi connectivity index (χ1n) is 10.4. The predicted octanol–water partition coefficient (Wildman–Crippen LogP) is 0.450. The van der Waals surface area contributed by atoms with E-state index >= 15 is 0 Å². The summed E-state index contributed by atoms with van der Waals surface area (Å²) in [4.78, 5) is 9.25. The van der Waals surface area contributed by atoms with Crippen LogP contribution in [0.15, 0.2) is 23.6 Å². The average molecular weight is 380 g/mol. The number of aromatic amines is 1. The zero-order valence-corrected chi connectivity index (χ0v) is 15.8. The van der Waals surface area contributed by atoms with Crippen molar-refractivity contribution in [3.8, 4) is 0 Å². The summed E-state index contributed by atoms with van der Waals surface area (Å²) in [7, 11) is -0.904. The lowest BCUT2D eigenvalue weighted by atomic mass is 9.48. The molecule has 5 aliphatic rings. The summed E-state index contributed by atoms with van der Waals surface area (Å²) in [6.07, 6.45) is 8.58. The SMILES string of the molecule is OCCN1N=C([C@H]2C3CC4CC2C[C@](O)(C4)C3)c2c(cnc3[nH]ccc23)B1O. The van der Waals surface area contributed by atoms with Gasteiger partial charge in [0.05, 0.1) is 17.9 Å². The van der Waals surface area contributed by atoms with Crippen molar-refractivity contribution >= 4 is 29.3 Å². The molecule has 8 heteroatoms. The summed E-state index contributed by atoms with van der Waals surface area (Å²) in [5.41, 5.74) is 3.09. The summed E-state index contributed by atoms with van der Waals surface area (Å²) in [6, 6.07) is 2.01.